The van der Waals surface area contributed by atoms with Crippen LogP contribution >= 0.6 is 11.8 Å². The number of thioether (sulfide) groups is 1. The molecule has 0 aliphatic heterocycles. The Kier molecular flexibility index (Phi) is 7.59. The molecule has 0 fully saturated rings. The zero-order valence-electron chi connectivity index (χ0n) is 17.5. The third kappa shape index (κ3) is 4.88. The molecule has 0 spiro atoms. The van der Waals surface area contributed by atoms with E-state index in [1.165, 1.54) is 11.8 Å². The molecule has 0 unspecified atom stereocenters. The molecule has 0 radical (unpaired) electrons. The highest BCUT2D eigenvalue weighted by Gasteiger charge is 2.15. The number of amides is 1. The Morgan fingerprint density at radius 2 is 1.90 bits per heavy atom. The van der Waals surface area contributed by atoms with E-state index < -0.39 is 0 Å². The van der Waals surface area contributed by atoms with E-state index >= 15 is 0 Å². The number of carbonyl (C=O) groups excluding carboxylic acids is 1. The molecule has 0 bridgehead atoms. The van der Waals surface area contributed by atoms with Gasteiger partial charge in [-0.1, -0.05) is 43.8 Å². The molecule has 0 saturated carbocycles. The monoisotopic (exact) mass is 426 g/mol. The summed E-state index contributed by atoms with van der Waals surface area (Å²) >= 11 is 1.23. The first-order valence-electron chi connectivity index (χ1n) is 9.96. The maximum Gasteiger partial charge on any atom is 0.263 e. The Hall–Kier alpha value is -2.71. The average molecular weight is 427 g/mol. The van der Waals surface area contributed by atoms with Crippen molar-refractivity contribution in [2.24, 2.45) is 0 Å². The fourth-order valence-electron chi connectivity index (χ4n) is 3.23. The van der Waals surface area contributed by atoms with E-state index in [1.54, 1.807) is 30.0 Å². The summed E-state index contributed by atoms with van der Waals surface area (Å²) in [4.78, 5) is 34.3. The number of carbonyl (C=O) groups is 1. The van der Waals surface area contributed by atoms with E-state index in [0.29, 0.717) is 29.3 Å². The largest absolute Gasteiger partial charge is 0.383 e. The number of aryl methyl sites for hydroxylation is 2. The first-order valence-corrected chi connectivity index (χ1v) is 11.0. The molecule has 158 valence electrons. The van der Waals surface area contributed by atoms with Crippen LogP contribution in [-0.2, 0) is 28.9 Å². The van der Waals surface area contributed by atoms with Gasteiger partial charge in [0.05, 0.1) is 24.3 Å². The third-order valence-corrected chi connectivity index (χ3v) is 5.79. The lowest BCUT2D eigenvalue weighted by molar-refractivity contribution is -0.113. The lowest BCUT2D eigenvalue weighted by Crippen LogP contribution is -2.26. The van der Waals surface area contributed by atoms with Crippen LogP contribution in [-0.4, -0.2) is 39.9 Å². The number of fused-ring (bicyclic) bond motifs is 1. The van der Waals surface area contributed by atoms with Crippen LogP contribution in [0.2, 0.25) is 0 Å². The van der Waals surface area contributed by atoms with Crippen molar-refractivity contribution < 1.29 is 9.53 Å². The maximum absolute atomic E-state index is 12.9. The van der Waals surface area contributed by atoms with Gasteiger partial charge in [-0.25, -0.2) is 9.97 Å². The van der Waals surface area contributed by atoms with Gasteiger partial charge in [0.2, 0.25) is 5.91 Å². The van der Waals surface area contributed by atoms with Crippen LogP contribution in [0.4, 0.5) is 5.69 Å². The van der Waals surface area contributed by atoms with Crippen LogP contribution in [0.5, 0.6) is 0 Å². The first kappa shape index (κ1) is 22.0. The van der Waals surface area contributed by atoms with E-state index in [-0.39, 0.29) is 17.2 Å². The molecule has 2 aromatic heterocycles. The summed E-state index contributed by atoms with van der Waals surface area (Å²) in [6.07, 6.45) is 3.28. The van der Waals surface area contributed by atoms with Gasteiger partial charge in [0.25, 0.3) is 5.56 Å². The van der Waals surface area contributed by atoms with Crippen molar-refractivity contribution in [3.8, 4) is 0 Å². The molecule has 3 aromatic rings. The minimum Gasteiger partial charge on any atom is -0.383 e. The number of hydrogen-bond donors (Lipinski definition) is 1. The number of para-hydroxylation sites is 1. The molecule has 0 aliphatic carbocycles. The van der Waals surface area contributed by atoms with E-state index in [4.69, 9.17) is 4.74 Å². The van der Waals surface area contributed by atoms with Crippen molar-refractivity contribution in [2.75, 3.05) is 24.8 Å². The summed E-state index contributed by atoms with van der Waals surface area (Å²) in [5.41, 5.74) is 3.30. The van der Waals surface area contributed by atoms with Crippen LogP contribution < -0.4 is 10.9 Å². The standard InChI is InChI=1S/C22H26N4O3S/c1-4-15-8-6-9-16(5-2)19(15)24-18(27)14-30-22-25-20-17(10-7-11-23-20)21(28)26(22)12-13-29-3/h6-11H,4-5,12-14H2,1-3H3,(H,24,27). The molecule has 30 heavy (non-hydrogen) atoms. The number of methoxy groups -OCH3 is 1. The summed E-state index contributed by atoms with van der Waals surface area (Å²) in [7, 11) is 1.58. The molecular formula is C22H26N4O3S. The Morgan fingerprint density at radius 1 is 1.17 bits per heavy atom. The number of pyridine rings is 1. The third-order valence-electron chi connectivity index (χ3n) is 4.81. The smallest absolute Gasteiger partial charge is 0.263 e. The second-order valence-corrected chi connectivity index (χ2v) is 7.66. The zero-order chi connectivity index (χ0) is 21.5. The molecule has 0 atom stereocenters. The normalized spacial score (nSPS) is 11.0. The molecule has 1 aromatic carbocycles. The first-order chi connectivity index (χ1) is 14.6. The maximum atomic E-state index is 12.9. The fourth-order valence-corrected chi connectivity index (χ4v) is 4.05. The number of aromatic nitrogens is 3. The Balaban J connectivity index is 1.83. The van der Waals surface area contributed by atoms with Gasteiger partial charge in [-0.15, -0.1) is 0 Å². The molecular weight excluding hydrogens is 400 g/mol. The van der Waals surface area contributed by atoms with E-state index in [2.05, 4.69) is 29.1 Å². The Morgan fingerprint density at radius 3 is 2.57 bits per heavy atom. The molecule has 7 nitrogen and oxygen atoms in total. The molecule has 1 N–H and O–H groups in total. The van der Waals surface area contributed by atoms with E-state index in [9.17, 15) is 9.59 Å². The van der Waals surface area contributed by atoms with Gasteiger partial charge in [0, 0.05) is 19.0 Å². The molecule has 0 aliphatic rings. The van der Waals surface area contributed by atoms with Crippen LogP contribution in [0, 0.1) is 0 Å². The lowest BCUT2D eigenvalue weighted by atomic mass is 10.0. The highest BCUT2D eigenvalue weighted by atomic mass is 32.2. The topological polar surface area (TPSA) is 86.1 Å². The van der Waals surface area contributed by atoms with Gasteiger partial charge in [-0.3, -0.25) is 14.2 Å². The van der Waals surface area contributed by atoms with E-state index in [1.807, 2.05) is 18.2 Å². The summed E-state index contributed by atoms with van der Waals surface area (Å²) < 4.78 is 6.68. The van der Waals surface area contributed by atoms with Crippen molar-refractivity contribution in [3.63, 3.8) is 0 Å². The average Bonchev–Trinajstić information content (AvgIpc) is 2.77. The van der Waals surface area contributed by atoms with Crippen molar-refractivity contribution >= 4 is 34.4 Å². The van der Waals surface area contributed by atoms with Crippen LogP contribution in [0.1, 0.15) is 25.0 Å². The zero-order valence-corrected chi connectivity index (χ0v) is 18.3. The molecule has 2 heterocycles. The minimum atomic E-state index is -0.183. The Labute approximate surface area is 179 Å². The summed E-state index contributed by atoms with van der Waals surface area (Å²) in [5, 5.41) is 3.96. The summed E-state index contributed by atoms with van der Waals surface area (Å²) in [6, 6.07) is 9.49. The number of ether oxygens (including phenoxy) is 1. The highest BCUT2D eigenvalue weighted by Crippen LogP contribution is 2.24. The van der Waals surface area contributed by atoms with Crippen molar-refractivity contribution in [1.82, 2.24) is 14.5 Å². The Bertz CT molecular complexity index is 1080. The lowest BCUT2D eigenvalue weighted by Gasteiger charge is -2.15. The fraction of sp³-hybridized carbons (Fsp3) is 0.364. The van der Waals surface area contributed by atoms with Gasteiger partial charge in [-0.2, -0.15) is 0 Å². The van der Waals surface area contributed by atoms with E-state index in [0.717, 1.165) is 29.7 Å². The number of anilines is 1. The van der Waals surface area contributed by atoms with Crippen LogP contribution in [0.25, 0.3) is 11.0 Å². The second-order valence-electron chi connectivity index (χ2n) is 6.71. The number of nitrogens with one attached hydrogen (secondary N) is 1. The van der Waals surface area contributed by atoms with Crippen molar-refractivity contribution in [2.45, 2.75) is 38.4 Å². The molecule has 0 saturated heterocycles. The SMILES string of the molecule is CCc1cccc(CC)c1NC(=O)CSc1nc2ncccc2c(=O)n1CCOC. The predicted octanol–water partition coefficient (Wildman–Crippen LogP) is 3.29. The summed E-state index contributed by atoms with van der Waals surface area (Å²) in [6.45, 7) is 4.87. The van der Waals surface area contributed by atoms with Gasteiger partial charge in [-0.05, 0) is 36.1 Å². The summed E-state index contributed by atoms with van der Waals surface area (Å²) in [5.74, 6) is 0.00292. The molecule has 1 amide bonds. The molecule has 3 rings (SSSR count). The van der Waals surface area contributed by atoms with Crippen molar-refractivity contribution in [1.29, 1.82) is 0 Å². The van der Waals surface area contributed by atoms with Gasteiger partial charge >= 0.3 is 0 Å². The minimum absolute atomic E-state index is 0.135. The number of hydrogen-bond acceptors (Lipinski definition) is 6. The van der Waals surface area contributed by atoms with Gasteiger partial charge in [0.1, 0.15) is 0 Å². The van der Waals surface area contributed by atoms with Gasteiger partial charge in [0.15, 0.2) is 10.8 Å². The predicted molar refractivity (Wildman–Crippen MR) is 120 cm³/mol. The number of nitrogens with zero attached hydrogens (tertiary/aromatic N) is 3. The molecule has 8 heteroatoms. The van der Waals surface area contributed by atoms with Gasteiger partial charge < -0.3 is 10.1 Å². The second kappa shape index (κ2) is 10.4. The van der Waals surface area contributed by atoms with Crippen LogP contribution in [0.15, 0.2) is 46.5 Å². The van der Waals surface area contributed by atoms with Crippen molar-refractivity contribution in [3.05, 3.63) is 58.0 Å². The quantitative estimate of drug-likeness (QED) is 0.417. The van der Waals surface area contributed by atoms with Crippen LogP contribution in [0.3, 0.4) is 0 Å². The number of rotatable bonds is 9. The number of benzene rings is 1. The highest BCUT2D eigenvalue weighted by molar-refractivity contribution is 7.99.